The first kappa shape index (κ1) is 46.0. The van der Waals surface area contributed by atoms with E-state index in [1.165, 1.54) is 24.5 Å². The predicted molar refractivity (Wildman–Crippen MR) is 223 cm³/mol. The van der Waals surface area contributed by atoms with Crippen molar-refractivity contribution in [3.8, 4) is 0 Å². The molecule has 0 spiro atoms. The van der Waals surface area contributed by atoms with Crippen LogP contribution in [0.15, 0.2) is 42.9 Å². The van der Waals surface area contributed by atoms with Gasteiger partial charge in [0.1, 0.15) is 17.7 Å². The number of carbonyl (C=O) groups excluding carboxylic acids is 4. The number of hydrogen-bond donors (Lipinski definition) is 6. The number of morpholine rings is 1. The van der Waals surface area contributed by atoms with Gasteiger partial charge in [0, 0.05) is 56.7 Å². The fourth-order valence-corrected chi connectivity index (χ4v) is 8.69. The first-order chi connectivity index (χ1) is 27.3. The third-order valence-electron chi connectivity index (χ3n) is 10.3. The van der Waals surface area contributed by atoms with Crippen LogP contribution >= 0.6 is 11.8 Å². The minimum atomic E-state index is -1.06. The van der Waals surface area contributed by atoms with Crippen LogP contribution in [0, 0.1) is 11.8 Å². The van der Waals surface area contributed by atoms with E-state index >= 15 is 0 Å². The number of ether oxygens (including phenoxy) is 2. The zero-order valence-electron chi connectivity index (χ0n) is 34.6. The van der Waals surface area contributed by atoms with Crippen molar-refractivity contribution in [2.24, 2.45) is 11.8 Å². The van der Waals surface area contributed by atoms with Crippen molar-refractivity contribution in [3.05, 3.63) is 54.1 Å². The molecule has 1 aromatic heterocycles. The number of amides is 4. The summed E-state index contributed by atoms with van der Waals surface area (Å²) in [5, 5.41) is 23.3. The molecule has 5 atom stereocenters. The number of carbonyl (C=O) groups is 4. The molecule has 2 aliphatic rings. The second kappa shape index (κ2) is 23.7. The molecular formula is C42H67N7O7S. The summed E-state index contributed by atoms with van der Waals surface area (Å²) in [6.07, 6.45) is 8.31. The molecule has 4 rings (SSSR count). The summed E-state index contributed by atoms with van der Waals surface area (Å²) in [4.78, 5) is 64.1. The molecule has 1 aliphatic heterocycles. The lowest BCUT2D eigenvalue weighted by molar-refractivity contribution is -0.130. The molecule has 2 heterocycles. The molecular weight excluding hydrogens is 747 g/mol. The molecule has 14 nitrogen and oxygen atoms in total. The van der Waals surface area contributed by atoms with Crippen LogP contribution in [0.1, 0.15) is 90.8 Å². The first-order valence-electron chi connectivity index (χ1n) is 20.7. The average molecular weight is 814 g/mol. The Morgan fingerprint density at radius 3 is 2.30 bits per heavy atom. The van der Waals surface area contributed by atoms with Gasteiger partial charge in [-0.25, -0.2) is 9.78 Å². The number of nitrogens with one attached hydrogen (secondary N) is 5. The van der Waals surface area contributed by atoms with Gasteiger partial charge >= 0.3 is 6.09 Å². The van der Waals surface area contributed by atoms with Crippen molar-refractivity contribution in [2.45, 2.75) is 127 Å². The smallest absolute Gasteiger partial charge is 0.408 e. The molecule has 6 N–H and O–H groups in total. The Morgan fingerprint density at radius 1 is 0.965 bits per heavy atom. The number of nitrogens with zero attached hydrogens (tertiary/aromatic N) is 2. The monoisotopic (exact) mass is 813 g/mol. The molecule has 318 valence electrons. The van der Waals surface area contributed by atoms with Gasteiger partial charge in [0.05, 0.1) is 36.9 Å². The number of rotatable bonds is 21. The number of aliphatic hydroxyl groups is 1. The van der Waals surface area contributed by atoms with Gasteiger partial charge in [-0.15, -0.1) is 11.8 Å². The van der Waals surface area contributed by atoms with E-state index in [9.17, 15) is 24.3 Å². The van der Waals surface area contributed by atoms with Crippen LogP contribution < -0.4 is 21.3 Å². The van der Waals surface area contributed by atoms with E-state index in [1.54, 1.807) is 27.0 Å². The maximum Gasteiger partial charge on any atom is 0.408 e. The lowest BCUT2D eigenvalue weighted by Gasteiger charge is -2.32. The number of alkyl carbamates (subject to hydrolysis) is 1. The molecule has 2 fully saturated rings. The van der Waals surface area contributed by atoms with Crippen LogP contribution in [-0.2, 0) is 36.7 Å². The number of aromatic amines is 1. The number of imidazole rings is 1. The Labute approximate surface area is 343 Å². The van der Waals surface area contributed by atoms with Crippen LogP contribution in [-0.4, -0.2) is 124 Å². The van der Waals surface area contributed by atoms with Crippen LogP contribution in [0.25, 0.3) is 0 Å². The number of thioether (sulfide) groups is 1. The maximum absolute atomic E-state index is 14.3. The molecule has 0 radical (unpaired) electrons. The van der Waals surface area contributed by atoms with E-state index in [0.29, 0.717) is 44.2 Å². The van der Waals surface area contributed by atoms with Crippen LogP contribution in [0.4, 0.5) is 4.79 Å². The summed E-state index contributed by atoms with van der Waals surface area (Å²) in [6.45, 7) is 13.8. The van der Waals surface area contributed by atoms with Gasteiger partial charge < -0.3 is 40.8 Å². The van der Waals surface area contributed by atoms with E-state index in [-0.39, 0.29) is 35.7 Å². The lowest BCUT2D eigenvalue weighted by atomic mass is 9.83. The van der Waals surface area contributed by atoms with E-state index in [2.05, 4.69) is 50.0 Å². The third kappa shape index (κ3) is 17.4. The van der Waals surface area contributed by atoms with Crippen LogP contribution in [0.3, 0.4) is 0 Å². The number of benzene rings is 1. The molecule has 4 amide bonds. The predicted octanol–water partition coefficient (Wildman–Crippen LogP) is 3.99. The topological polar surface area (TPSA) is 187 Å². The fourth-order valence-electron chi connectivity index (χ4n) is 7.27. The Morgan fingerprint density at radius 2 is 1.65 bits per heavy atom. The fraction of sp³-hybridized carbons (Fsp3) is 0.690. The lowest BCUT2D eigenvalue weighted by Crippen LogP contribution is -2.58. The van der Waals surface area contributed by atoms with E-state index in [4.69, 9.17) is 9.47 Å². The van der Waals surface area contributed by atoms with Crippen molar-refractivity contribution in [2.75, 3.05) is 45.1 Å². The summed E-state index contributed by atoms with van der Waals surface area (Å²) < 4.78 is 10.9. The minimum Gasteiger partial charge on any atom is -0.444 e. The van der Waals surface area contributed by atoms with Crippen molar-refractivity contribution in [1.29, 1.82) is 0 Å². The van der Waals surface area contributed by atoms with E-state index in [1.807, 2.05) is 30.3 Å². The van der Waals surface area contributed by atoms with Crippen molar-refractivity contribution in [1.82, 2.24) is 36.1 Å². The zero-order valence-corrected chi connectivity index (χ0v) is 35.4. The molecule has 1 aromatic carbocycles. The van der Waals surface area contributed by atoms with Gasteiger partial charge in [-0.2, -0.15) is 0 Å². The van der Waals surface area contributed by atoms with Crippen LogP contribution in [0.2, 0.25) is 0 Å². The maximum atomic E-state index is 14.3. The normalized spacial score (nSPS) is 18.2. The quantitative estimate of drug-likeness (QED) is 0.108. The number of aliphatic hydroxyl groups excluding tert-OH is 1. The molecule has 2 aromatic rings. The van der Waals surface area contributed by atoms with Gasteiger partial charge in [0.2, 0.25) is 17.7 Å². The number of hydrogen-bond acceptors (Lipinski definition) is 10. The van der Waals surface area contributed by atoms with Crippen molar-refractivity contribution in [3.63, 3.8) is 0 Å². The summed E-state index contributed by atoms with van der Waals surface area (Å²) in [5.41, 5.74) is 0.666. The van der Waals surface area contributed by atoms with Gasteiger partial charge in [-0.1, -0.05) is 76.3 Å². The molecule has 1 aliphatic carbocycles. The highest BCUT2D eigenvalue weighted by atomic mass is 32.2. The SMILES string of the molecule is CC(C)C[C@@H](SC[C@H](O)[C@H](CC1CCCCC1)NC(=O)[C@H](Cc1cnc[nH]1)NC(=O)[C@H](Cc1ccccc1)NC(=O)OC(C)(C)C)C(=O)NCCN1CCOCC1. The Bertz CT molecular complexity index is 1500. The summed E-state index contributed by atoms with van der Waals surface area (Å²) in [7, 11) is 0. The molecule has 0 unspecified atom stereocenters. The highest BCUT2D eigenvalue weighted by molar-refractivity contribution is 8.00. The summed E-state index contributed by atoms with van der Waals surface area (Å²) >= 11 is 1.42. The van der Waals surface area contributed by atoms with Gasteiger partial charge in [-0.3, -0.25) is 19.3 Å². The van der Waals surface area contributed by atoms with Gasteiger partial charge in [0.15, 0.2) is 0 Å². The highest BCUT2D eigenvalue weighted by Gasteiger charge is 2.33. The highest BCUT2D eigenvalue weighted by Crippen LogP contribution is 2.29. The Kier molecular flexibility index (Phi) is 19.1. The average Bonchev–Trinajstić information content (AvgIpc) is 3.69. The summed E-state index contributed by atoms with van der Waals surface area (Å²) in [5.74, 6) is -0.215. The molecule has 1 saturated carbocycles. The van der Waals surface area contributed by atoms with E-state index in [0.717, 1.165) is 50.9 Å². The second-order valence-corrected chi connectivity index (χ2v) is 18.1. The number of H-pyrrole nitrogens is 1. The summed E-state index contributed by atoms with van der Waals surface area (Å²) in [6, 6.07) is 6.59. The molecule has 1 saturated heterocycles. The van der Waals surface area contributed by atoms with Crippen LogP contribution in [0.5, 0.6) is 0 Å². The molecule has 15 heteroatoms. The van der Waals surface area contributed by atoms with Crippen molar-refractivity contribution < 1.29 is 33.8 Å². The van der Waals surface area contributed by atoms with Gasteiger partial charge in [0.25, 0.3) is 0 Å². The van der Waals surface area contributed by atoms with Gasteiger partial charge in [-0.05, 0) is 51.0 Å². The Hall–Kier alpha value is -3.66. The zero-order chi connectivity index (χ0) is 41.2. The molecule has 0 bridgehead atoms. The van der Waals surface area contributed by atoms with Crippen molar-refractivity contribution >= 4 is 35.6 Å². The second-order valence-electron chi connectivity index (χ2n) is 16.8. The van der Waals surface area contributed by atoms with E-state index < -0.39 is 47.7 Å². The molecule has 57 heavy (non-hydrogen) atoms. The number of aromatic nitrogens is 2. The Balaban J connectivity index is 1.48. The standard InChI is InChI=1S/C42H67N7O7S/c1-29(2)22-37(40(53)44-16-17-49-18-20-55-21-19-49)57-27-36(50)33(23-30-12-8-6-9-13-30)46-39(52)35(25-32-26-43-28-45-32)47-38(51)34(24-31-14-10-7-11-15-31)48-41(54)56-42(3,4)5/h7,10-11,14-15,26,28-30,33-37,50H,6,8-9,12-13,16-25,27H2,1-5H3,(H,43,45)(H,44,53)(H,46,52)(H,47,51)(H,48,54)/t33-,34-,35-,36-,37+/m0/s1. The largest absolute Gasteiger partial charge is 0.444 e. The third-order valence-corrected chi connectivity index (χ3v) is 11.6. The minimum absolute atomic E-state index is 0.0468. The first-order valence-corrected chi connectivity index (χ1v) is 21.8.